The van der Waals surface area contributed by atoms with E-state index in [2.05, 4.69) is 37.1 Å². The second kappa shape index (κ2) is 5.44. The molecular formula is C21H16N8. The molecule has 0 spiro atoms. The zero-order chi connectivity index (χ0) is 18.9. The van der Waals surface area contributed by atoms with E-state index in [1.807, 2.05) is 36.4 Å². The Morgan fingerprint density at radius 3 is 1.83 bits per heavy atom. The lowest BCUT2D eigenvalue weighted by molar-refractivity contribution is 0.514. The lowest BCUT2D eigenvalue weighted by Crippen LogP contribution is -2.12. The van der Waals surface area contributed by atoms with E-state index in [0.29, 0.717) is 34.8 Å². The normalized spacial score (nSPS) is 26.2. The Bertz CT molecular complexity index is 1380. The monoisotopic (exact) mass is 380 g/mol. The van der Waals surface area contributed by atoms with Crippen LogP contribution in [0, 0.1) is 11.8 Å². The third-order valence-electron chi connectivity index (χ3n) is 6.15. The molecule has 2 aliphatic heterocycles. The van der Waals surface area contributed by atoms with Crippen molar-refractivity contribution in [2.75, 3.05) is 0 Å². The van der Waals surface area contributed by atoms with Crippen LogP contribution in [0.2, 0.25) is 0 Å². The lowest BCUT2D eigenvalue weighted by atomic mass is 9.84. The first-order chi connectivity index (χ1) is 14.3. The Morgan fingerprint density at radius 2 is 1.14 bits per heavy atom. The second-order valence-corrected chi connectivity index (χ2v) is 7.89. The molecule has 3 aromatic rings. The van der Waals surface area contributed by atoms with Gasteiger partial charge in [0.2, 0.25) is 0 Å². The fourth-order valence-corrected chi connectivity index (χ4v) is 4.96. The molecule has 0 saturated heterocycles. The van der Waals surface area contributed by atoms with Crippen LogP contribution in [0.3, 0.4) is 0 Å². The van der Waals surface area contributed by atoms with Crippen LogP contribution in [0.5, 0.6) is 0 Å². The van der Waals surface area contributed by atoms with Gasteiger partial charge >= 0.3 is 0 Å². The molecule has 7 rings (SSSR count). The van der Waals surface area contributed by atoms with Crippen LogP contribution in [-0.4, -0.2) is 39.9 Å². The van der Waals surface area contributed by atoms with Gasteiger partial charge in [-0.1, -0.05) is 12.2 Å². The van der Waals surface area contributed by atoms with Crippen molar-refractivity contribution in [2.24, 2.45) is 11.8 Å². The van der Waals surface area contributed by atoms with Gasteiger partial charge in [0.1, 0.15) is 34.2 Å². The molecule has 4 aliphatic rings. The highest BCUT2D eigenvalue weighted by Gasteiger charge is 2.51. The zero-order valence-corrected chi connectivity index (χ0v) is 15.3. The summed E-state index contributed by atoms with van der Waals surface area (Å²) in [6.45, 7) is 0. The largest absolute Gasteiger partial charge is 0.325 e. The quantitative estimate of drug-likeness (QED) is 0.454. The molecule has 8 heteroatoms. The maximum atomic E-state index is 4.85. The molecule has 0 aromatic carbocycles. The molecule has 1 saturated carbocycles. The van der Waals surface area contributed by atoms with E-state index >= 15 is 0 Å². The number of nitrogens with one attached hydrogen (secondary N) is 2. The highest BCUT2D eigenvalue weighted by atomic mass is 15.1. The molecule has 4 unspecified atom stereocenters. The maximum absolute atomic E-state index is 4.85. The molecule has 1 fully saturated rings. The fourth-order valence-electron chi connectivity index (χ4n) is 4.96. The van der Waals surface area contributed by atoms with Gasteiger partial charge < -0.3 is 9.97 Å². The minimum Gasteiger partial charge on any atom is -0.325 e. The number of H-pyrrole nitrogens is 2. The van der Waals surface area contributed by atoms with E-state index in [9.17, 15) is 0 Å². The Kier molecular flexibility index (Phi) is 2.86. The topological polar surface area (TPSA) is 109 Å². The van der Waals surface area contributed by atoms with Crippen LogP contribution in [0.4, 0.5) is 0 Å². The minimum absolute atomic E-state index is 0.279. The standard InChI is InChI=1S/C21H16N8/c1-2-11-9-10(1)18-19(11)21-28-17-8-6-15(26-17)24-13-4-3-12(22-13)23-14-5-7-16(25-14)27-20(18)29-21/h1-8,10-11,18-19H,9H2,(H2,22,23,24,25,26,27,28,29). The highest BCUT2D eigenvalue weighted by Crippen LogP contribution is 2.58. The van der Waals surface area contributed by atoms with Crippen molar-refractivity contribution >= 4 is 34.7 Å². The molecular weight excluding hydrogens is 364 g/mol. The molecule has 2 N–H and O–H groups in total. The first-order valence-corrected chi connectivity index (χ1v) is 9.81. The van der Waals surface area contributed by atoms with E-state index < -0.39 is 0 Å². The second-order valence-electron chi connectivity index (χ2n) is 7.89. The summed E-state index contributed by atoms with van der Waals surface area (Å²) in [7, 11) is 0. The van der Waals surface area contributed by atoms with Crippen molar-refractivity contribution < 1.29 is 0 Å². The Balaban J connectivity index is 1.54. The summed E-state index contributed by atoms with van der Waals surface area (Å²) >= 11 is 0. The highest BCUT2D eigenvalue weighted by molar-refractivity contribution is 5.68. The van der Waals surface area contributed by atoms with E-state index in [1.165, 1.54) is 0 Å². The van der Waals surface area contributed by atoms with E-state index in [4.69, 9.17) is 15.0 Å². The minimum atomic E-state index is 0.279. The van der Waals surface area contributed by atoms with Gasteiger partial charge in [0, 0.05) is 11.8 Å². The third-order valence-corrected chi connectivity index (χ3v) is 6.15. The number of aromatic nitrogens is 8. The summed E-state index contributed by atoms with van der Waals surface area (Å²) in [5.74, 6) is 4.46. The van der Waals surface area contributed by atoms with Crippen LogP contribution < -0.4 is 0 Å². The molecule has 4 atom stereocenters. The van der Waals surface area contributed by atoms with E-state index in [-0.39, 0.29) is 11.8 Å². The van der Waals surface area contributed by atoms with Gasteiger partial charge in [-0.05, 0) is 54.7 Å². The molecule has 0 amide bonds. The van der Waals surface area contributed by atoms with Crippen molar-refractivity contribution in [3.63, 3.8) is 0 Å². The van der Waals surface area contributed by atoms with E-state index in [1.54, 1.807) is 0 Å². The van der Waals surface area contributed by atoms with Gasteiger partial charge in [-0.25, -0.2) is 29.9 Å². The van der Waals surface area contributed by atoms with Crippen molar-refractivity contribution in [3.05, 3.63) is 59.7 Å². The predicted octanol–water partition coefficient (Wildman–Crippen LogP) is 3.14. The average molecular weight is 380 g/mol. The summed E-state index contributed by atoms with van der Waals surface area (Å²) in [6.07, 6.45) is 9.54. The molecule has 8 nitrogen and oxygen atoms in total. The Hall–Kier alpha value is -3.68. The van der Waals surface area contributed by atoms with Crippen LogP contribution in [0.15, 0.2) is 36.4 Å². The zero-order valence-electron chi connectivity index (χ0n) is 15.3. The summed E-state index contributed by atoms with van der Waals surface area (Å²) in [4.78, 5) is 34.6. The van der Waals surface area contributed by atoms with Crippen molar-refractivity contribution in [3.8, 4) is 0 Å². The lowest BCUT2D eigenvalue weighted by Gasteiger charge is -2.18. The van der Waals surface area contributed by atoms with Crippen LogP contribution in [0.1, 0.15) is 41.6 Å². The maximum Gasteiger partial charge on any atom is 0.156 e. The van der Waals surface area contributed by atoms with Crippen molar-refractivity contribution in [1.82, 2.24) is 39.9 Å². The molecule has 140 valence electrons. The number of nitrogens with zero attached hydrogens (tertiary/aromatic N) is 6. The fraction of sp³-hybridized carbons (Fsp3) is 0.238. The summed E-state index contributed by atoms with van der Waals surface area (Å²) in [6, 6.07) is 7.62. The van der Waals surface area contributed by atoms with Gasteiger partial charge in [-0.15, -0.1) is 0 Å². The van der Waals surface area contributed by atoms with E-state index in [0.717, 1.165) is 29.4 Å². The summed E-state index contributed by atoms with van der Waals surface area (Å²) < 4.78 is 0. The Morgan fingerprint density at radius 1 is 0.586 bits per heavy atom. The van der Waals surface area contributed by atoms with Gasteiger partial charge in [-0.3, -0.25) is 0 Å². The van der Waals surface area contributed by atoms with Crippen molar-refractivity contribution in [1.29, 1.82) is 0 Å². The first kappa shape index (κ1) is 15.3. The molecule has 10 bridgehead atoms. The predicted molar refractivity (Wildman–Crippen MR) is 107 cm³/mol. The third kappa shape index (κ3) is 2.32. The van der Waals surface area contributed by atoms with Gasteiger partial charge in [0.15, 0.2) is 11.6 Å². The molecule has 5 heterocycles. The number of aromatic amines is 2. The molecule has 2 aliphatic carbocycles. The number of hydrogen-bond acceptors (Lipinski definition) is 6. The number of hydrogen-bond donors (Lipinski definition) is 2. The summed E-state index contributed by atoms with van der Waals surface area (Å²) in [5.41, 5.74) is 2.90. The number of fused-ring (bicyclic) bond motifs is 15. The SMILES string of the molecule is C1=Cc2nc1nc1nc(nc3ccc(nc4ccc(n2)[nH]4)[nH]3)C2C3C=CC(C3)C12. The average Bonchev–Trinajstić information content (AvgIpc) is 3.51. The number of allylic oxidation sites excluding steroid dienone is 2. The van der Waals surface area contributed by atoms with Gasteiger partial charge in [0.05, 0.1) is 0 Å². The Labute approximate surface area is 164 Å². The van der Waals surface area contributed by atoms with Crippen molar-refractivity contribution in [2.45, 2.75) is 18.3 Å². The van der Waals surface area contributed by atoms with Crippen LogP contribution in [-0.2, 0) is 0 Å². The molecule has 29 heavy (non-hydrogen) atoms. The molecule has 3 aromatic heterocycles. The smallest absolute Gasteiger partial charge is 0.156 e. The summed E-state index contributed by atoms with van der Waals surface area (Å²) in [5, 5.41) is 0. The van der Waals surface area contributed by atoms with Gasteiger partial charge in [-0.2, -0.15) is 0 Å². The van der Waals surface area contributed by atoms with Gasteiger partial charge in [0.25, 0.3) is 0 Å². The van der Waals surface area contributed by atoms with Crippen LogP contribution >= 0.6 is 0 Å². The number of rotatable bonds is 0. The molecule has 0 radical (unpaired) electrons. The van der Waals surface area contributed by atoms with Crippen LogP contribution in [0.25, 0.3) is 34.7 Å². The first-order valence-electron chi connectivity index (χ1n) is 9.81.